The topological polar surface area (TPSA) is 41.5 Å². The summed E-state index contributed by atoms with van der Waals surface area (Å²) in [7, 11) is 0. The average molecular weight is 335 g/mol. The van der Waals surface area contributed by atoms with Gasteiger partial charge in [-0.2, -0.15) is 5.10 Å². The monoisotopic (exact) mass is 334 g/mol. The van der Waals surface area contributed by atoms with E-state index in [1.807, 2.05) is 66.7 Å². The van der Waals surface area contributed by atoms with Crippen molar-refractivity contribution < 1.29 is 4.79 Å². The first-order valence-electron chi connectivity index (χ1n) is 7.82. The van der Waals surface area contributed by atoms with Crippen LogP contribution in [-0.4, -0.2) is 18.0 Å². The molecule has 4 rings (SSSR count). The van der Waals surface area contributed by atoms with Gasteiger partial charge in [0.2, 0.25) is 5.78 Å². The van der Waals surface area contributed by atoms with Crippen molar-refractivity contribution in [2.45, 2.75) is 5.92 Å². The number of hydrogen-bond acceptors (Lipinski definition) is 3. The van der Waals surface area contributed by atoms with E-state index in [0.29, 0.717) is 22.8 Å². The highest BCUT2D eigenvalue weighted by Crippen LogP contribution is 2.25. The summed E-state index contributed by atoms with van der Waals surface area (Å²) < 4.78 is 0. The van der Waals surface area contributed by atoms with Crippen molar-refractivity contribution in [3.05, 3.63) is 82.9 Å². The van der Waals surface area contributed by atoms with E-state index in [4.69, 9.17) is 11.6 Å². The predicted octanol–water partition coefficient (Wildman–Crippen LogP) is 4.42. The summed E-state index contributed by atoms with van der Waals surface area (Å²) in [5.41, 5.74) is 5.21. The molecule has 0 saturated carbocycles. The van der Waals surface area contributed by atoms with E-state index >= 15 is 0 Å². The number of halogens is 1. The molecular weight excluding hydrogens is 320 g/mol. The maximum atomic E-state index is 12.9. The first-order chi connectivity index (χ1) is 11.7. The molecule has 4 heteroatoms. The Hall–Kier alpha value is -2.65. The highest BCUT2D eigenvalue weighted by Gasteiger charge is 2.29. The van der Waals surface area contributed by atoms with Crippen molar-refractivity contribution in [1.82, 2.24) is 5.43 Å². The minimum absolute atomic E-state index is 0.0364. The quantitative estimate of drug-likeness (QED) is 0.720. The van der Waals surface area contributed by atoms with Crippen molar-refractivity contribution in [1.29, 1.82) is 0 Å². The highest BCUT2D eigenvalue weighted by atomic mass is 35.5. The summed E-state index contributed by atoms with van der Waals surface area (Å²) in [4.78, 5) is 12.9. The third kappa shape index (κ3) is 2.68. The summed E-state index contributed by atoms with van der Waals surface area (Å²) in [6.07, 6.45) is 0. The van der Waals surface area contributed by atoms with Gasteiger partial charge in [-0.25, -0.2) is 0 Å². The average Bonchev–Trinajstić information content (AvgIpc) is 3.11. The molecule has 1 heterocycles. The second-order valence-electron chi connectivity index (χ2n) is 5.85. The minimum Gasteiger partial charge on any atom is -0.309 e. The van der Waals surface area contributed by atoms with Crippen molar-refractivity contribution in [3.8, 4) is 0 Å². The van der Waals surface area contributed by atoms with Gasteiger partial charge < -0.3 is 5.43 Å². The number of benzene rings is 3. The molecular formula is C20H15ClN2O. The Balaban J connectivity index is 1.68. The van der Waals surface area contributed by atoms with E-state index in [9.17, 15) is 4.79 Å². The lowest BCUT2D eigenvalue weighted by molar-refractivity contribution is 0.106. The van der Waals surface area contributed by atoms with Crippen LogP contribution in [0.5, 0.6) is 0 Å². The number of hydrazone groups is 1. The highest BCUT2D eigenvalue weighted by molar-refractivity contribution is 6.48. The Morgan fingerprint density at radius 1 is 1.00 bits per heavy atom. The van der Waals surface area contributed by atoms with Gasteiger partial charge in [0.05, 0.1) is 5.92 Å². The van der Waals surface area contributed by atoms with Crippen LogP contribution in [0.25, 0.3) is 10.8 Å². The lowest BCUT2D eigenvalue weighted by atomic mass is 9.90. The van der Waals surface area contributed by atoms with Crippen LogP contribution in [-0.2, 0) is 0 Å². The molecule has 0 spiro atoms. The SMILES string of the molecule is O=C(C1=NNCC1c1ccc(Cl)cc1)c1ccc2ccccc2c1. The number of rotatable bonds is 3. The van der Waals surface area contributed by atoms with Gasteiger partial charge in [-0.3, -0.25) is 4.79 Å². The van der Waals surface area contributed by atoms with E-state index in [2.05, 4.69) is 10.5 Å². The van der Waals surface area contributed by atoms with Gasteiger partial charge in [0.25, 0.3) is 0 Å². The van der Waals surface area contributed by atoms with Gasteiger partial charge in [0.1, 0.15) is 5.71 Å². The van der Waals surface area contributed by atoms with Crippen LogP contribution in [0.2, 0.25) is 5.02 Å². The Bertz CT molecular complexity index is 947. The molecule has 0 aromatic heterocycles. The largest absolute Gasteiger partial charge is 0.309 e. The molecule has 24 heavy (non-hydrogen) atoms. The summed E-state index contributed by atoms with van der Waals surface area (Å²) in [5, 5.41) is 7.11. The molecule has 3 nitrogen and oxygen atoms in total. The molecule has 1 aliphatic rings. The molecule has 0 fully saturated rings. The molecule has 3 aromatic rings. The van der Waals surface area contributed by atoms with E-state index in [1.54, 1.807) is 0 Å². The zero-order valence-electron chi connectivity index (χ0n) is 12.9. The molecule has 118 valence electrons. The Kier molecular flexibility index (Phi) is 3.79. The number of Topliss-reactive ketones (excluding diaryl/α,β-unsaturated/α-hetero) is 1. The smallest absolute Gasteiger partial charge is 0.209 e. The zero-order valence-corrected chi connectivity index (χ0v) is 13.6. The maximum absolute atomic E-state index is 12.9. The number of nitrogens with one attached hydrogen (secondary N) is 1. The molecule has 1 unspecified atom stereocenters. The Labute approximate surface area is 145 Å². The normalized spacial score (nSPS) is 16.7. The van der Waals surface area contributed by atoms with Crippen molar-refractivity contribution >= 4 is 33.9 Å². The molecule has 1 atom stereocenters. The van der Waals surface area contributed by atoms with Crippen LogP contribution in [0.1, 0.15) is 21.8 Å². The van der Waals surface area contributed by atoms with Gasteiger partial charge in [-0.15, -0.1) is 0 Å². The van der Waals surface area contributed by atoms with Crippen LogP contribution < -0.4 is 5.43 Å². The lowest BCUT2D eigenvalue weighted by Gasteiger charge is -2.12. The second kappa shape index (κ2) is 6.10. The Morgan fingerprint density at radius 2 is 1.75 bits per heavy atom. The molecule has 0 amide bonds. The molecule has 0 bridgehead atoms. The predicted molar refractivity (Wildman–Crippen MR) is 97.9 cm³/mol. The van der Waals surface area contributed by atoms with E-state index < -0.39 is 0 Å². The molecule has 1 N–H and O–H groups in total. The first kappa shape index (κ1) is 14.9. The summed E-state index contributed by atoms with van der Waals surface area (Å²) in [6.45, 7) is 0.621. The molecule has 1 aliphatic heterocycles. The van der Waals surface area contributed by atoms with Gasteiger partial charge >= 0.3 is 0 Å². The van der Waals surface area contributed by atoms with Gasteiger partial charge in [-0.05, 0) is 34.5 Å². The molecule has 0 saturated heterocycles. The van der Waals surface area contributed by atoms with Crippen molar-refractivity contribution in [2.24, 2.45) is 5.10 Å². The number of fused-ring (bicyclic) bond motifs is 1. The van der Waals surface area contributed by atoms with Crippen LogP contribution in [0.15, 0.2) is 71.8 Å². The van der Waals surface area contributed by atoms with E-state index in [0.717, 1.165) is 16.3 Å². The first-order valence-corrected chi connectivity index (χ1v) is 8.19. The summed E-state index contributed by atoms with van der Waals surface area (Å²) in [5.74, 6) is -0.0908. The van der Waals surface area contributed by atoms with Crippen LogP contribution in [0, 0.1) is 0 Å². The number of carbonyl (C=O) groups excluding carboxylic acids is 1. The Morgan fingerprint density at radius 3 is 2.54 bits per heavy atom. The molecule has 3 aromatic carbocycles. The fraction of sp³-hybridized carbons (Fsp3) is 0.100. The standard InChI is InChI=1S/C20H15ClN2O/c21-17-9-7-14(8-10-17)18-12-22-23-19(18)20(24)16-6-5-13-3-1-2-4-15(13)11-16/h1-11,18,22H,12H2. The molecule has 0 aliphatic carbocycles. The summed E-state index contributed by atoms with van der Waals surface area (Å²) in [6, 6.07) is 21.4. The lowest BCUT2D eigenvalue weighted by Crippen LogP contribution is -2.21. The number of nitrogens with zero attached hydrogens (tertiary/aromatic N) is 1. The van der Waals surface area contributed by atoms with Crippen LogP contribution >= 0.6 is 11.6 Å². The number of hydrogen-bond donors (Lipinski definition) is 1. The van der Waals surface area contributed by atoms with Gasteiger partial charge in [-0.1, -0.05) is 60.1 Å². The number of carbonyl (C=O) groups is 1. The minimum atomic E-state index is -0.0544. The fourth-order valence-electron chi connectivity index (χ4n) is 3.05. The summed E-state index contributed by atoms with van der Waals surface area (Å²) >= 11 is 5.96. The van der Waals surface area contributed by atoms with E-state index in [-0.39, 0.29) is 11.7 Å². The fourth-order valence-corrected chi connectivity index (χ4v) is 3.18. The third-order valence-corrected chi connectivity index (χ3v) is 4.59. The van der Waals surface area contributed by atoms with Gasteiger partial charge in [0, 0.05) is 17.1 Å². The number of ketones is 1. The van der Waals surface area contributed by atoms with E-state index in [1.165, 1.54) is 0 Å². The zero-order chi connectivity index (χ0) is 16.5. The molecule has 0 radical (unpaired) electrons. The van der Waals surface area contributed by atoms with Crippen molar-refractivity contribution in [3.63, 3.8) is 0 Å². The maximum Gasteiger partial charge on any atom is 0.209 e. The van der Waals surface area contributed by atoms with Gasteiger partial charge in [0.15, 0.2) is 0 Å². The van der Waals surface area contributed by atoms with Crippen LogP contribution in [0.4, 0.5) is 0 Å². The van der Waals surface area contributed by atoms with Crippen LogP contribution in [0.3, 0.4) is 0 Å². The second-order valence-corrected chi connectivity index (χ2v) is 6.29. The van der Waals surface area contributed by atoms with Crippen molar-refractivity contribution in [2.75, 3.05) is 6.54 Å². The third-order valence-electron chi connectivity index (χ3n) is 4.34.